The maximum Gasteiger partial charge on any atom is 0.368 e. The molecule has 0 bridgehead atoms. The first-order valence-electron chi connectivity index (χ1n) is 8.84. The summed E-state index contributed by atoms with van der Waals surface area (Å²) < 4.78 is 22.2. The van der Waals surface area contributed by atoms with Gasteiger partial charge in [-0.05, 0) is 59.6 Å². The van der Waals surface area contributed by atoms with Crippen molar-refractivity contribution in [3.8, 4) is 23.7 Å². The van der Waals surface area contributed by atoms with Gasteiger partial charge in [-0.3, -0.25) is 0 Å². The van der Waals surface area contributed by atoms with Crippen molar-refractivity contribution in [3.63, 3.8) is 0 Å². The molecule has 28 heavy (non-hydrogen) atoms. The first kappa shape index (κ1) is 22.1. The third-order valence-electron chi connectivity index (χ3n) is 4.85. The van der Waals surface area contributed by atoms with Crippen LogP contribution in [-0.2, 0) is 17.7 Å². The molecule has 0 aromatic heterocycles. The standard InChI is InChI=1S/C22H26O4Si2/c1-23-27(5,24-2)21-15-11-19(12-16-21)9-7-8-10-20-13-17-22(18-14-20)28(6,25-3)26-4/h11-18H,1-6H3. The van der Waals surface area contributed by atoms with Gasteiger partial charge in [-0.1, -0.05) is 36.1 Å². The summed E-state index contributed by atoms with van der Waals surface area (Å²) in [6, 6.07) is 15.9. The van der Waals surface area contributed by atoms with Gasteiger partial charge < -0.3 is 17.7 Å². The van der Waals surface area contributed by atoms with Crippen molar-refractivity contribution in [2.24, 2.45) is 0 Å². The smallest absolute Gasteiger partial charge is 0.368 e. The molecule has 0 radical (unpaired) electrons. The maximum atomic E-state index is 5.55. The van der Waals surface area contributed by atoms with Gasteiger partial charge in [0.15, 0.2) is 0 Å². The van der Waals surface area contributed by atoms with Crippen LogP contribution in [0.25, 0.3) is 0 Å². The van der Waals surface area contributed by atoms with Crippen LogP contribution in [0.5, 0.6) is 0 Å². The van der Waals surface area contributed by atoms with Crippen molar-refractivity contribution in [2.75, 3.05) is 28.4 Å². The molecule has 0 amide bonds. The first-order chi connectivity index (χ1) is 13.4. The molecule has 146 valence electrons. The Hall–Kier alpha value is -2.17. The number of hydrogen-bond donors (Lipinski definition) is 0. The Morgan fingerprint density at radius 3 is 1.07 bits per heavy atom. The van der Waals surface area contributed by atoms with Gasteiger partial charge in [-0.15, -0.1) is 0 Å². The fraction of sp³-hybridized carbons (Fsp3) is 0.273. The summed E-state index contributed by atoms with van der Waals surface area (Å²) in [6.07, 6.45) is 0. The molecule has 0 N–H and O–H groups in total. The minimum Gasteiger partial charge on any atom is -0.394 e. The van der Waals surface area contributed by atoms with Crippen molar-refractivity contribution in [3.05, 3.63) is 59.7 Å². The highest BCUT2D eigenvalue weighted by atomic mass is 28.4. The minimum absolute atomic E-state index is 0.902. The summed E-state index contributed by atoms with van der Waals surface area (Å²) >= 11 is 0. The fourth-order valence-corrected chi connectivity index (χ4v) is 5.38. The second-order valence-corrected chi connectivity index (χ2v) is 12.9. The van der Waals surface area contributed by atoms with Gasteiger partial charge in [0.1, 0.15) is 0 Å². The highest BCUT2D eigenvalue weighted by Gasteiger charge is 2.32. The first-order valence-corrected chi connectivity index (χ1v) is 13.5. The summed E-state index contributed by atoms with van der Waals surface area (Å²) in [4.78, 5) is 0. The van der Waals surface area contributed by atoms with E-state index in [4.69, 9.17) is 17.7 Å². The molecular formula is C22H26O4Si2. The maximum absolute atomic E-state index is 5.55. The molecule has 6 heteroatoms. The van der Waals surface area contributed by atoms with E-state index in [1.54, 1.807) is 28.4 Å². The summed E-state index contributed by atoms with van der Waals surface area (Å²) in [7, 11) is 2.13. The molecule has 4 nitrogen and oxygen atoms in total. The summed E-state index contributed by atoms with van der Waals surface area (Å²) in [6.45, 7) is 4.02. The lowest BCUT2D eigenvalue weighted by Crippen LogP contribution is -2.49. The van der Waals surface area contributed by atoms with Gasteiger partial charge in [0.2, 0.25) is 0 Å². The topological polar surface area (TPSA) is 36.9 Å². The monoisotopic (exact) mass is 410 g/mol. The highest BCUT2D eigenvalue weighted by Crippen LogP contribution is 2.07. The lowest BCUT2D eigenvalue weighted by molar-refractivity contribution is 0.265. The van der Waals surface area contributed by atoms with Gasteiger partial charge in [0, 0.05) is 39.6 Å². The van der Waals surface area contributed by atoms with Crippen molar-refractivity contribution >= 4 is 27.5 Å². The third-order valence-corrected chi connectivity index (χ3v) is 10.7. The van der Waals surface area contributed by atoms with Crippen LogP contribution in [0.2, 0.25) is 13.1 Å². The highest BCUT2D eigenvalue weighted by molar-refractivity contribution is 6.80. The van der Waals surface area contributed by atoms with E-state index in [0.717, 1.165) is 21.5 Å². The van der Waals surface area contributed by atoms with Crippen LogP contribution in [0.3, 0.4) is 0 Å². The molecular weight excluding hydrogens is 384 g/mol. The second-order valence-electron chi connectivity index (χ2n) is 6.36. The van der Waals surface area contributed by atoms with Crippen LogP contribution < -0.4 is 10.4 Å². The van der Waals surface area contributed by atoms with Crippen molar-refractivity contribution in [1.82, 2.24) is 0 Å². The summed E-state index contributed by atoms with van der Waals surface area (Å²) in [5.41, 5.74) is 1.80. The lowest BCUT2D eigenvalue weighted by Gasteiger charge is -2.22. The van der Waals surface area contributed by atoms with Crippen LogP contribution in [-0.4, -0.2) is 45.6 Å². The zero-order valence-electron chi connectivity index (χ0n) is 17.3. The lowest BCUT2D eigenvalue weighted by atomic mass is 10.2. The van der Waals surface area contributed by atoms with E-state index in [1.807, 2.05) is 61.6 Å². The van der Waals surface area contributed by atoms with Crippen LogP contribution in [0, 0.1) is 23.7 Å². The Morgan fingerprint density at radius 2 is 0.821 bits per heavy atom. The molecule has 2 rings (SSSR count). The van der Waals surface area contributed by atoms with Crippen molar-refractivity contribution < 1.29 is 17.7 Å². The largest absolute Gasteiger partial charge is 0.394 e. The molecule has 0 aliphatic carbocycles. The number of rotatable bonds is 6. The molecule has 2 aromatic carbocycles. The van der Waals surface area contributed by atoms with E-state index in [9.17, 15) is 0 Å². The SMILES string of the molecule is CO[Si](C)(OC)c1ccc(C#CC#Cc2ccc([Si](C)(OC)OC)cc2)cc1. The Morgan fingerprint density at radius 1 is 0.536 bits per heavy atom. The van der Waals surface area contributed by atoms with E-state index < -0.39 is 17.1 Å². The van der Waals surface area contributed by atoms with Gasteiger partial charge in [-0.25, -0.2) is 0 Å². The number of hydrogen-bond acceptors (Lipinski definition) is 4. The van der Waals surface area contributed by atoms with Crippen LogP contribution in [0.1, 0.15) is 11.1 Å². The Kier molecular flexibility index (Phi) is 7.79. The second kappa shape index (κ2) is 9.86. The molecule has 0 saturated heterocycles. The molecule has 0 aliphatic heterocycles. The van der Waals surface area contributed by atoms with E-state index in [0.29, 0.717) is 0 Å². The molecule has 0 unspecified atom stereocenters. The van der Waals surface area contributed by atoms with E-state index in [1.165, 1.54) is 0 Å². The Labute approximate surface area is 170 Å². The Bertz CT molecular complexity index is 815. The molecule has 0 saturated carbocycles. The number of benzene rings is 2. The van der Waals surface area contributed by atoms with Crippen molar-refractivity contribution in [2.45, 2.75) is 13.1 Å². The van der Waals surface area contributed by atoms with E-state index >= 15 is 0 Å². The van der Waals surface area contributed by atoms with Gasteiger partial charge in [0.05, 0.1) is 0 Å². The minimum atomic E-state index is -2.29. The van der Waals surface area contributed by atoms with Crippen LogP contribution in [0.15, 0.2) is 48.5 Å². The zero-order valence-corrected chi connectivity index (χ0v) is 19.3. The third kappa shape index (κ3) is 5.21. The van der Waals surface area contributed by atoms with Crippen LogP contribution in [0.4, 0.5) is 0 Å². The zero-order chi connectivity index (χ0) is 20.6. The summed E-state index contributed by atoms with van der Waals surface area (Å²) in [5, 5.41) is 2.13. The molecule has 2 aromatic rings. The predicted molar refractivity (Wildman–Crippen MR) is 117 cm³/mol. The Balaban J connectivity index is 2.09. The molecule has 0 fully saturated rings. The van der Waals surface area contributed by atoms with Gasteiger partial charge >= 0.3 is 17.1 Å². The average molecular weight is 411 g/mol. The summed E-state index contributed by atoms with van der Waals surface area (Å²) in [5.74, 6) is 11.9. The van der Waals surface area contributed by atoms with E-state index in [-0.39, 0.29) is 0 Å². The van der Waals surface area contributed by atoms with Gasteiger partial charge in [-0.2, -0.15) is 0 Å². The normalized spacial score (nSPS) is 11.2. The predicted octanol–water partition coefficient (Wildman–Crippen LogP) is 2.23. The fourth-order valence-electron chi connectivity index (χ4n) is 2.56. The molecule has 0 spiro atoms. The van der Waals surface area contributed by atoms with Crippen LogP contribution >= 0.6 is 0 Å². The molecule has 0 aliphatic rings. The molecule has 0 atom stereocenters. The quantitative estimate of drug-likeness (QED) is 0.541. The molecule has 0 heterocycles. The van der Waals surface area contributed by atoms with Gasteiger partial charge in [0.25, 0.3) is 0 Å². The average Bonchev–Trinajstić information content (AvgIpc) is 2.76. The van der Waals surface area contributed by atoms with E-state index in [2.05, 4.69) is 23.7 Å². The van der Waals surface area contributed by atoms with Crippen molar-refractivity contribution in [1.29, 1.82) is 0 Å².